The summed E-state index contributed by atoms with van der Waals surface area (Å²) >= 11 is 14.4. The van der Waals surface area contributed by atoms with Crippen LogP contribution >= 0.6 is 35.0 Å². The SMILES string of the molecule is COC(=O)c1ccc(CC2(C)OC(c3cccc(Cl)c3)C(c3ccc(Cl)c(F)c3)N(C(CSC(C)(C)C)C3CC3)C2=O)nc1. The third-order valence-electron chi connectivity index (χ3n) is 8.10. The molecular weight excluding hydrogens is 622 g/mol. The van der Waals surface area contributed by atoms with Crippen molar-refractivity contribution in [3.63, 3.8) is 0 Å². The standard InChI is InChI=1S/C34H37Cl2FN2O4S/c1-33(2,3)44-19-28(20-9-10-20)39-29(21-12-14-26(36)27(37)16-21)30(22-7-6-8-24(35)15-22)43-34(4,32(39)41)17-25-13-11-23(18-38-25)31(40)42-5/h6-8,11-16,18,20,28-30H,9-10,17,19H2,1-5H3. The van der Waals surface area contributed by atoms with Gasteiger partial charge in [0.15, 0.2) is 5.60 Å². The number of rotatable bonds is 9. The second-order valence-electron chi connectivity index (χ2n) is 12.7. The first-order chi connectivity index (χ1) is 20.8. The first-order valence-electron chi connectivity index (χ1n) is 14.7. The smallest absolute Gasteiger partial charge is 0.339 e. The third-order valence-corrected chi connectivity index (χ3v) is 10.0. The molecule has 1 amide bonds. The van der Waals surface area contributed by atoms with E-state index < -0.39 is 29.5 Å². The Kier molecular flexibility index (Phi) is 9.66. The van der Waals surface area contributed by atoms with Gasteiger partial charge in [0.05, 0.1) is 23.7 Å². The summed E-state index contributed by atoms with van der Waals surface area (Å²) in [4.78, 5) is 33.3. The summed E-state index contributed by atoms with van der Waals surface area (Å²) in [5.41, 5.74) is 0.941. The van der Waals surface area contributed by atoms with Crippen LogP contribution in [-0.4, -0.2) is 51.0 Å². The van der Waals surface area contributed by atoms with E-state index in [9.17, 15) is 9.59 Å². The fourth-order valence-corrected chi connectivity index (χ4v) is 7.17. The molecule has 1 saturated carbocycles. The summed E-state index contributed by atoms with van der Waals surface area (Å²) in [6.45, 7) is 8.28. The summed E-state index contributed by atoms with van der Waals surface area (Å²) in [6.07, 6.45) is 2.95. The van der Waals surface area contributed by atoms with E-state index >= 15 is 4.39 Å². The maximum Gasteiger partial charge on any atom is 0.339 e. The highest BCUT2D eigenvalue weighted by atomic mass is 35.5. The number of amides is 1. The van der Waals surface area contributed by atoms with Gasteiger partial charge in [-0.25, -0.2) is 9.18 Å². The van der Waals surface area contributed by atoms with Crippen LogP contribution in [-0.2, 0) is 20.7 Å². The number of hydrogen-bond donors (Lipinski definition) is 0. The average Bonchev–Trinajstić information content (AvgIpc) is 3.82. The number of pyridine rings is 1. The van der Waals surface area contributed by atoms with Gasteiger partial charge in [-0.3, -0.25) is 9.78 Å². The van der Waals surface area contributed by atoms with E-state index in [1.807, 2.05) is 34.9 Å². The van der Waals surface area contributed by atoms with Crippen LogP contribution in [0.2, 0.25) is 10.0 Å². The minimum Gasteiger partial charge on any atom is -0.465 e. The highest BCUT2D eigenvalue weighted by molar-refractivity contribution is 8.00. The largest absolute Gasteiger partial charge is 0.465 e. The van der Waals surface area contributed by atoms with E-state index in [1.165, 1.54) is 25.4 Å². The zero-order chi connectivity index (χ0) is 31.8. The number of ether oxygens (including phenoxy) is 2. The van der Waals surface area contributed by atoms with Crippen molar-refractivity contribution < 1.29 is 23.5 Å². The van der Waals surface area contributed by atoms with Gasteiger partial charge in [-0.15, -0.1) is 0 Å². The van der Waals surface area contributed by atoms with Crippen LogP contribution in [0.25, 0.3) is 0 Å². The first kappa shape index (κ1) is 32.7. The predicted molar refractivity (Wildman–Crippen MR) is 173 cm³/mol. The number of carbonyl (C=O) groups is 2. The summed E-state index contributed by atoms with van der Waals surface area (Å²) in [6, 6.07) is 14.7. The van der Waals surface area contributed by atoms with Gasteiger partial charge >= 0.3 is 5.97 Å². The zero-order valence-corrected chi connectivity index (χ0v) is 27.8. The van der Waals surface area contributed by atoms with Gasteiger partial charge in [-0.1, -0.05) is 62.2 Å². The predicted octanol–water partition coefficient (Wildman–Crippen LogP) is 8.27. The van der Waals surface area contributed by atoms with Crippen LogP contribution < -0.4 is 0 Å². The number of nitrogens with zero attached hydrogens (tertiary/aromatic N) is 2. The fourth-order valence-electron chi connectivity index (χ4n) is 5.75. The fraction of sp³-hybridized carbons (Fsp3) is 0.441. The third kappa shape index (κ3) is 7.25. The maximum atomic E-state index is 15.0. The van der Waals surface area contributed by atoms with Crippen molar-refractivity contribution in [1.82, 2.24) is 9.88 Å². The lowest BCUT2D eigenvalue weighted by molar-refractivity contribution is -0.202. The molecule has 2 fully saturated rings. The van der Waals surface area contributed by atoms with Crippen LogP contribution in [0.15, 0.2) is 60.8 Å². The normalized spacial score (nSPS) is 23.0. The number of aromatic nitrogens is 1. The molecule has 1 aliphatic carbocycles. The minimum atomic E-state index is -1.33. The Bertz CT molecular complexity index is 1530. The summed E-state index contributed by atoms with van der Waals surface area (Å²) < 4.78 is 26.7. The molecule has 3 aromatic rings. The van der Waals surface area contributed by atoms with Gasteiger partial charge in [0.25, 0.3) is 5.91 Å². The number of halogens is 3. The van der Waals surface area contributed by atoms with Crippen molar-refractivity contribution in [3.8, 4) is 0 Å². The molecule has 4 atom stereocenters. The van der Waals surface area contributed by atoms with Crippen LogP contribution in [0.3, 0.4) is 0 Å². The molecule has 0 radical (unpaired) electrons. The average molecular weight is 660 g/mol. The van der Waals surface area contributed by atoms with E-state index in [4.69, 9.17) is 32.7 Å². The van der Waals surface area contributed by atoms with Crippen LogP contribution in [0.1, 0.15) is 79.9 Å². The Labute approximate surface area is 272 Å². The van der Waals surface area contributed by atoms with Gasteiger partial charge in [-0.05, 0) is 73.2 Å². The van der Waals surface area contributed by atoms with E-state index in [1.54, 1.807) is 31.2 Å². The molecule has 1 saturated heterocycles. The molecule has 44 heavy (non-hydrogen) atoms. The molecule has 4 unspecified atom stereocenters. The number of hydrogen-bond acceptors (Lipinski definition) is 6. The Morgan fingerprint density at radius 3 is 2.50 bits per heavy atom. The van der Waals surface area contributed by atoms with E-state index in [-0.39, 0.29) is 28.1 Å². The molecule has 1 aromatic heterocycles. The molecule has 2 aliphatic rings. The Hall–Kier alpha value is -2.65. The monoisotopic (exact) mass is 658 g/mol. The lowest BCUT2D eigenvalue weighted by Gasteiger charge is -2.52. The first-order valence-corrected chi connectivity index (χ1v) is 16.4. The number of carbonyl (C=O) groups excluding carboxylic acids is 2. The Morgan fingerprint density at radius 2 is 1.91 bits per heavy atom. The lowest BCUT2D eigenvalue weighted by Crippen LogP contribution is -2.62. The second-order valence-corrected chi connectivity index (χ2v) is 15.4. The highest BCUT2D eigenvalue weighted by Crippen LogP contribution is 2.51. The van der Waals surface area contributed by atoms with Gasteiger partial charge in [0.1, 0.15) is 11.9 Å². The quantitative estimate of drug-likeness (QED) is 0.216. The van der Waals surface area contributed by atoms with Crippen LogP contribution in [0, 0.1) is 11.7 Å². The van der Waals surface area contributed by atoms with Crippen LogP contribution in [0.5, 0.6) is 0 Å². The second kappa shape index (κ2) is 13.0. The summed E-state index contributed by atoms with van der Waals surface area (Å²) in [5.74, 6) is -0.211. The van der Waals surface area contributed by atoms with Crippen molar-refractivity contribution in [2.24, 2.45) is 5.92 Å². The molecule has 2 aromatic carbocycles. The van der Waals surface area contributed by atoms with E-state index in [2.05, 4.69) is 25.8 Å². The number of thioether (sulfide) groups is 1. The van der Waals surface area contributed by atoms with Gasteiger partial charge in [0, 0.05) is 39.9 Å². The van der Waals surface area contributed by atoms with E-state index in [0.717, 1.165) is 24.2 Å². The summed E-state index contributed by atoms with van der Waals surface area (Å²) in [5, 5.41) is 0.537. The lowest BCUT2D eigenvalue weighted by atomic mass is 9.85. The topological polar surface area (TPSA) is 68.7 Å². The van der Waals surface area contributed by atoms with Crippen molar-refractivity contribution in [2.75, 3.05) is 12.9 Å². The number of esters is 1. The molecule has 2 heterocycles. The van der Waals surface area contributed by atoms with Crippen molar-refractivity contribution >= 4 is 46.8 Å². The molecule has 6 nitrogen and oxygen atoms in total. The number of benzene rings is 2. The minimum absolute atomic E-state index is 0.0102. The molecule has 10 heteroatoms. The van der Waals surface area contributed by atoms with Crippen molar-refractivity contribution in [2.45, 2.75) is 75.5 Å². The van der Waals surface area contributed by atoms with Gasteiger partial charge in [-0.2, -0.15) is 11.8 Å². The molecule has 0 N–H and O–H groups in total. The molecule has 234 valence electrons. The molecule has 1 aliphatic heterocycles. The summed E-state index contributed by atoms with van der Waals surface area (Å²) in [7, 11) is 1.31. The molecular formula is C34H37Cl2FN2O4S. The molecule has 0 bridgehead atoms. The maximum absolute atomic E-state index is 15.0. The van der Waals surface area contributed by atoms with Crippen molar-refractivity contribution in [3.05, 3.63) is 99.0 Å². The van der Waals surface area contributed by atoms with E-state index in [0.29, 0.717) is 27.8 Å². The highest BCUT2D eigenvalue weighted by Gasteiger charge is 2.55. The zero-order valence-electron chi connectivity index (χ0n) is 25.5. The molecule has 0 spiro atoms. The number of morpholine rings is 1. The molecule has 5 rings (SSSR count). The van der Waals surface area contributed by atoms with Gasteiger partial charge in [0.2, 0.25) is 0 Å². The number of methoxy groups -OCH3 is 1. The van der Waals surface area contributed by atoms with Crippen molar-refractivity contribution in [1.29, 1.82) is 0 Å². The van der Waals surface area contributed by atoms with Gasteiger partial charge < -0.3 is 14.4 Å². The van der Waals surface area contributed by atoms with Crippen LogP contribution in [0.4, 0.5) is 4.39 Å². The Balaban J connectivity index is 1.64. The Morgan fingerprint density at radius 1 is 1.16 bits per heavy atom.